The average Bonchev–Trinajstić information content (AvgIpc) is 3.14. The maximum atomic E-state index is 12.7. The van der Waals surface area contributed by atoms with Crippen molar-refractivity contribution in [2.24, 2.45) is 5.92 Å². The van der Waals surface area contributed by atoms with Crippen LogP contribution in [-0.2, 0) is 9.59 Å². The normalized spacial score (nSPS) is 20.6. The summed E-state index contributed by atoms with van der Waals surface area (Å²) in [4.78, 5) is 27.6. The van der Waals surface area contributed by atoms with Gasteiger partial charge in [0.2, 0.25) is 11.8 Å². The van der Waals surface area contributed by atoms with E-state index in [4.69, 9.17) is 0 Å². The van der Waals surface area contributed by atoms with Gasteiger partial charge in [-0.05, 0) is 36.9 Å². The molecule has 2 heterocycles. The first kappa shape index (κ1) is 19.4. The summed E-state index contributed by atoms with van der Waals surface area (Å²) in [6, 6.07) is 10.3. The first-order valence-corrected chi connectivity index (χ1v) is 9.41. The summed E-state index contributed by atoms with van der Waals surface area (Å²) in [6.45, 7) is 0.546. The summed E-state index contributed by atoms with van der Waals surface area (Å²) in [6.07, 6.45) is -4.15. The Bertz CT molecular complexity index is 803. The summed E-state index contributed by atoms with van der Waals surface area (Å²) in [5, 5.41) is 3.81. The Morgan fingerprint density at radius 1 is 1.26 bits per heavy atom. The van der Waals surface area contributed by atoms with Crippen molar-refractivity contribution in [3.63, 3.8) is 0 Å². The number of nitrogens with one attached hydrogen (secondary N) is 1. The average molecular weight is 396 g/mol. The monoisotopic (exact) mass is 396 g/mol. The number of carbonyl (C=O) groups excluding carboxylic acids is 2. The molecule has 1 N–H and O–H groups in total. The van der Waals surface area contributed by atoms with Crippen molar-refractivity contribution >= 4 is 28.8 Å². The van der Waals surface area contributed by atoms with Crippen LogP contribution in [0.3, 0.4) is 0 Å². The first-order chi connectivity index (χ1) is 12.8. The second kappa shape index (κ2) is 7.72. The molecule has 1 saturated heterocycles. The Morgan fingerprint density at radius 2 is 1.96 bits per heavy atom. The molecule has 0 radical (unpaired) electrons. The highest BCUT2D eigenvalue weighted by molar-refractivity contribution is 7.10. The quantitative estimate of drug-likeness (QED) is 0.841. The number of amides is 2. The van der Waals surface area contributed by atoms with Gasteiger partial charge in [0.05, 0.1) is 12.0 Å². The lowest BCUT2D eigenvalue weighted by Crippen LogP contribution is -2.49. The van der Waals surface area contributed by atoms with E-state index in [2.05, 4.69) is 0 Å². The molecule has 27 heavy (non-hydrogen) atoms. The fraction of sp³-hybridized carbons (Fsp3) is 0.368. The Kier molecular flexibility index (Phi) is 5.55. The standard InChI is InChI=1S/C19H19F3N2O2S/c1-12-4-6-13(7-5-12)24-16(25)9-8-14(17(24)15-3-2-10-27-15)18(26)23-11-19(20,21)22/h2-7,10,14,17H,8-9,11H2,1H3,(H,23,26)/t14-,17+/m0/s1. The number of hydrogen-bond donors (Lipinski definition) is 1. The molecule has 0 unspecified atom stereocenters. The number of anilines is 1. The number of alkyl halides is 3. The van der Waals surface area contributed by atoms with E-state index in [0.717, 1.165) is 10.4 Å². The Morgan fingerprint density at radius 3 is 2.56 bits per heavy atom. The minimum Gasteiger partial charge on any atom is -0.347 e. The van der Waals surface area contributed by atoms with Crippen molar-refractivity contribution in [1.82, 2.24) is 5.32 Å². The van der Waals surface area contributed by atoms with Crippen LogP contribution in [0.1, 0.15) is 29.3 Å². The highest BCUT2D eigenvalue weighted by Gasteiger charge is 2.42. The zero-order valence-electron chi connectivity index (χ0n) is 14.6. The van der Waals surface area contributed by atoms with Crippen molar-refractivity contribution < 1.29 is 22.8 Å². The molecule has 1 aromatic carbocycles. The van der Waals surface area contributed by atoms with Gasteiger partial charge in [-0.15, -0.1) is 11.3 Å². The number of benzene rings is 1. The van der Waals surface area contributed by atoms with Crippen LogP contribution in [0.5, 0.6) is 0 Å². The van der Waals surface area contributed by atoms with Gasteiger partial charge in [0.15, 0.2) is 0 Å². The number of piperidine rings is 1. The van der Waals surface area contributed by atoms with Crippen LogP contribution in [0.25, 0.3) is 0 Å². The number of carbonyl (C=O) groups is 2. The van der Waals surface area contributed by atoms with Gasteiger partial charge in [-0.3, -0.25) is 9.59 Å². The first-order valence-electron chi connectivity index (χ1n) is 8.53. The van der Waals surface area contributed by atoms with E-state index < -0.39 is 30.6 Å². The number of aryl methyl sites for hydroxylation is 1. The summed E-state index contributed by atoms with van der Waals surface area (Å²) in [5.41, 5.74) is 1.66. The fourth-order valence-electron chi connectivity index (χ4n) is 3.28. The summed E-state index contributed by atoms with van der Waals surface area (Å²) in [5.74, 6) is -1.57. The van der Waals surface area contributed by atoms with E-state index in [9.17, 15) is 22.8 Å². The number of rotatable bonds is 4. The van der Waals surface area contributed by atoms with Gasteiger partial charge in [-0.1, -0.05) is 23.8 Å². The van der Waals surface area contributed by atoms with Crippen LogP contribution in [-0.4, -0.2) is 24.5 Å². The van der Waals surface area contributed by atoms with Crippen LogP contribution < -0.4 is 10.2 Å². The topological polar surface area (TPSA) is 49.4 Å². The van der Waals surface area contributed by atoms with Crippen molar-refractivity contribution in [3.05, 3.63) is 52.2 Å². The molecular weight excluding hydrogens is 377 g/mol. The minimum absolute atomic E-state index is 0.111. The number of nitrogens with zero attached hydrogens (tertiary/aromatic N) is 1. The molecule has 1 aromatic heterocycles. The van der Waals surface area contributed by atoms with E-state index in [1.165, 1.54) is 11.3 Å². The van der Waals surface area contributed by atoms with Gasteiger partial charge in [-0.25, -0.2) is 0 Å². The summed E-state index contributed by atoms with van der Waals surface area (Å²) < 4.78 is 37.6. The van der Waals surface area contributed by atoms with E-state index in [1.54, 1.807) is 29.2 Å². The van der Waals surface area contributed by atoms with Crippen molar-refractivity contribution in [3.8, 4) is 0 Å². The molecule has 2 amide bonds. The number of halogens is 3. The van der Waals surface area contributed by atoms with Gasteiger partial charge >= 0.3 is 6.18 Å². The Hall–Kier alpha value is -2.35. The van der Waals surface area contributed by atoms with Gasteiger partial charge in [0.1, 0.15) is 6.54 Å². The second-order valence-corrected chi connectivity index (χ2v) is 7.52. The van der Waals surface area contributed by atoms with Gasteiger partial charge in [-0.2, -0.15) is 13.2 Å². The molecule has 144 valence electrons. The number of hydrogen-bond acceptors (Lipinski definition) is 3. The third-order valence-corrected chi connectivity index (χ3v) is 5.49. The molecule has 2 aromatic rings. The molecule has 3 rings (SSSR count). The van der Waals surface area contributed by atoms with Crippen LogP contribution in [0.15, 0.2) is 41.8 Å². The molecule has 0 saturated carbocycles. The lowest BCUT2D eigenvalue weighted by atomic mass is 9.86. The summed E-state index contributed by atoms with van der Waals surface area (Å²) >= 11 is 1.38. The fourth-order valence-corrected chi connectivity index (χ4v) is 4.16. The van der Waals surface area contributed by atoms with Crippen LogP contribution in [0, 0.1) is 12.8 Å². The van der Waals surface area contributed by atoms with E-state index in [0.29, 0.717) is 5.69 Å². The molecule has 1 aliphatic rings. The van der Waals surface area contributed by atoms with Gasteiger partial charge in [0.25, 0.3) is 0 Å². The molecule has 1 fully saturated rings. The van der Waals surface area contributed by atoms with E-state index in [1.807, 2.05) is 29.8 Å². The third-order valence-electron chi connectivity index (χ3n) is 4.54. The van der Waals surface area contributed by atoms with E-state index in [-0.39, 0.29) is 18.7 Å². The zero-order valence-corrected chi connectivity index (χ0v) is 15.4. The van der Waals surface area contributed by atoms with Crippen molar-refractivity contribution in [2.75, 3.05) is 11.4 Å². The predicted molar refractivity (Wildman–Crippen MR) is 97.5 cm³/mol. The second-order valence-electron chi connectivity index (χ2n) is 6.54. The molecular formula is C19H19F3N2O2S. The van der Waals surface area contributed by atoms with E-state index >= 15 is 0 Å². The van der Waals surface area contributed by atoms with Gasteiger partial charge < -0.3 is 10.2 Å². The molecule has 8 heteroatoms. The molecule has 0 aliphatic carbocycles. The lowest BCUT2D eigenvalue weighted by Gasteiger charge is -2.40. The van der Waals surface area contributed by atoms with Crippen molar-refractivity contribution in [1.29, 1.82) is 0 Å². The van der Waals surface area contributed by atoms with Crippen LogP contribution in [0.4, 0.5) is 18.9 Å². The maximum absolute atomic E-state index is 12.7. The van der Waals surface area contributed by atoms with Crippen molar-refractivity contribution in [2.45, 2.75) is 32.0 Å². The Balaban J connectivity index is 1.95. The Labute approximate surface area is 159 Å². The smallest absolute Gasteiger partial charge is 0.347 e. The SMILES string of the molecule is Cc1ccc(N2C(=O)CC[C@H](C(=O)NCC(F)(F)F)[C@@H]2c2cccs2)cc1. The van der Waals surface area contributed by atoms with Crippen LogP contribution in [0.2, 0.25) is 0 Å². The molecule has 4 nitrogen and oxygen atoms in total. The molecule has 0 bridgehead atoms. The molecule has 1 aliphatic heterocycles. The number of thiophene rings is 1. The lowest BCUT2D eigenvalue weighted by molar-refractivity contribution is -0.142. The minimum atomic E-state index is -4.48. The summed E-state index contributed by atoms with van der Waals surface area (Å²) in [7, 11) is 0. The maximum Gasteiger partial charge on any atom is 0.405 e. The third kappa shape index (κ3) is 4.50. The molecule has 2 atom stereocenters. The highest BCUT2D eigenvalue weighted by Crippen LogP contribution is 2.41. The largest absolute Gasteiger partial charge is 0.405 e. The van der Waals surface area contributed by atoms with Gasteiger partial charge in [0, 0.05) is 17.0 Å². The van der Waals surface area contributed by atoms with Crippen LogP contribution >= 0.6 is 11.3 Å². The molecule has 0 spiro atoms. The predicted octanol–water partition coefficient (Wildman–Crippen LogP) is 4.22. The zero-order chi connectivity index (χ0) is 19.6. The highest BCUT2D eigenvalue weighted by atomic mass is 32.1.